The Morgan fingerprint density at radius 2 is 0.252 bits per heavy atom. The van der Waals surface area contributed by atoms with Gasteiger partial charge in [0.2, 0.25) is 26.9 Å². The monoisotopic (exact) mass is 1670 g/mol. The molecular weight excluding hydrogens is 1510 g/mol. The molecule has 0 aliphatic heterocycles. The summed E-state index contributed by atoms with van der Waals surface area (Å²) in [6.45, 7) is 69.0. The fourth-order valence-electron chi connectivity index (χ4n) is 24.4. The molecular formula is C108H158B4Fe3. The van der Waals surface area contributed by atoms with Gasteiger partial charge < -0.3 is 0 Å². The first kappa shape index (κ1) is 101. The van der Waals surface area contributed by atoms with Crippen molar-refractivity contribution in [2.45, 2.75) is 366 Å². The van der Waals surface area contributed by atoms with Crippen LogP contribution in [0.5, 0.6) is 0 Å². The Hall–Kier alpha value is -4.42. The van der Waals surface area contributed by atoms with Crippen molar-refractivity contribution in [3.05, 3.63) is 231 Å². The molecule has 626 valence electrons. The fourth-order valence-corrected chi connectivity index (χ4v) is 24.4. The average molecular weight is 1670 g/mol. The van der Waals surface area contributed by atoms with Crippen LogP contribution in [0.4, 0.5) is 0 Å². The molecule has 0 radical (unpaired) electrons. The van der Waals surface area contributed by atoms with Crippen LogP contribution in [0.15, 0.2) is 97.1 Å². The van der Waals surface area contributed by atoms with Gasteiger partial charge in [0.15, 0.2) is 0 Å². The van der Waals surface area contributed by atoms with E-state index in [9.17, 15) is 0 Å². The molecule has 6 aliphatic rings. The van der Waals surface area contributed by atoms with Crippen LogP contribution in [0.3, 0.4) is 0 Å². The van der Waals surface area contributed by atoms with E-state index in [1.807, 2.05) is 0 Å². The van der Waals surface area contributed by atoms with E-state index < -0.39 is 0 Å². The van der Waals surface area contributed by atoms with Crippen LogP contribution in [0.1, 0.15) is 310 Å². The SMILES string of the molecule is C.C1CCCC1.CC1C(C)C(C)C(C)C1C.Cc1cc(C)c(B(c2c(C)cc(C)cc2C)C2CCCC2)c(C)c1.Cc1cc(C)c(B(c2c(C)cc(C)cc2C)C2CCCC2)c(C)c1.Cc1cc(C)c(B(c2c(C)cc(C)cc2C)C2CCCC2)c(C)c1.Cc1cc(C)c(B(c2c(C)cc(C)cc2C)C2CCCC2)c(C)c1.[Fe].[Fe].[Fe]. The summed E-state index contributed by atoms with van der Waals surface area (Å²) in [6, 6.07) is 38.0. The molecule has 0 saturated heterocycles. The molecule has 0 bridgehead atoms. The van der Waals surface area contributed by atoms with Gasteiger partial charge in [0.05, 0.1) is 0 Å². The fraction of sp³-hybridized carbons (Fsp3) is 0.556. The number of hydrogen-bond acceptors (Lipinski definition) is 0. The Bertz CT molecular complexity index is 3460. The van der Waals surface area contributed by atoms with Crippen LogP contribution in [-0.4, -0.2) is 26.9 Å². The molecule has 8 aromatic rings. The first-order valence-corrected chi connectivity index (χ1v) is 45.2. The quantitative estimate of drug-likeness (QED) is 0.107. The molecule has 0 heterocycles. The number of rotatable bonds is 12. The van der Waals surface area contributed by atoms with Gasteiger partial charge in [-0.1, -0.05) is 474 Å². The van der Waals surface area contributed by atoms with Gasteiger partial charge in [-0.15, -0.1) is 0 Å². The van der Waals surface area contributed by atoms with Crippen molar-refractivity contribution in [3.63, 3.8) is 0 Å². The zero-order chi connectivity index (χ0) is 81.1. The molecule has 14 rings (SSSR count). The van der Waals surface area contributed by atoms with Crippen molar-refractivity contribution < 1.29 is 51.2 Å². The summed E-state index contributed by atoms with van der Waals surface area (Å²) in [6.07, 6.45) is 29.7. The van der Waals surface area contributed by atoms with E-state index in [0.717, 1.165) is 52.9 Å². The molecule has 0 nitrogen and oxygen atoms in total. The normalized spacial score (nSPS) is 18.5. The summed E-state index contributed by atoms with van der Waals surface area (Å²) in [5.41, 5.74) is 47.5. The largest absolute Gasteiger partial charge is 0.213 e. The third-order valence-corrected chi connectivity index (χ3v) is 29.3. The molecule has 0 atom stereocenters. The molecule has 0 amide bonds. The van der Waals surface area contributed by atoms with Gasteiger partial charge >= 0.3 is 0 Å². The summed E-state index contributed by atoms with van der Waals surface area (Å²) >= 11 is 0. The van der Waals surface area contributed by atoms with Gasteiger partial charge in [0.1, 0.15) is 0 Å². The predicted octanol–water partition coefficient (Wildman–Crippen LogP) is 26.1. The van der Waals surface area contributed by atoms with Gasteiger partial charge in [0, 0.05) is 51.2 Å². The van der Waals surface area contributed by atoms with Crippen LogP contribution in [0.25, 0.3) is 0 Å². The molecule has 0 aromatic heterocycles. The van der Waals surface area contributed by atoms with Crippen molar-refractivity contribution in [2.75, 3.05) is 0 Å². The zero-order valence-electron chi connectivity index (χ0n) is 77.7. The molecule has 8 aromatic carbocycles. The molecule has 0 N–H and O–H groups in total. The summed E-state index contributed by atoms with van der Waals surface area (Å²) in [5.74, 6) is 7.86. The maximum absolute atomic E-state index is 2.40. The van der Waals surface area contributed by atoms with E-state index in [4.69, 9.17) is 0 Å². The first-order chi connectivity index (χ1) is 52.6. The maximum Gasteiger partial charge on any atom is 0.213 e. The third-order valence-electron chi connectivity index (χ3n) is 29.3. The van der Waals surface area contributed by atoms with Gasteiger partial charge in [-0.2, -0.15) is 0 Å². The number of benzene rings is 8. The Morgan fingerprint density at radius 3 is 0.339 bits per heavy atom. The van der Waals surface area contributed by atoms with E-state index >= 15 is 0 Å². The second-order valence-corrected chi connectivity index (χ2v) is 38.7. The smallest absolute Gasteiger partial charge is 0.0776 e. The van der Waals surface area contributed by atoms with Crippen molar-refractivity contribution in [3.8, 4) is 0 Å². The molecule has 6 aliphatic carbocycles. The maximum atomic E-state index is 2.40. The number of aryl methyl sites for hydroxylation is 24. The Morgan fingerprint density at radius 1 is 0.165 bits per heavy atom. The van der Waals surface area contributed by atoms with E-state index in [-0.39, 0.29) is 58.6 Å². The zero-order valence-corrected chi connectivity index (χ0v) is 81.0. The van der Waals surface area contributed by atoms with Crippen LogP contribution in [0, 0.1) is 196 Å². The molecule has 7 heteroatoms. The summed E-state index contributed by atoms with van der Waals surface area (Å²) in [7, 11) is 0. The van der Waals surface area contributed by atoms with Gasteiger partial charge in [0.25, 0.3) is 0 Å². The van der Waals surface area contributed by atoms with E-state index in [0.29, 0.717) is 26.9 Å². The minimum Gasteiger partial charge on any atom is -0.0776 e. The van der Waals surface area contributed by atoms with Gasteiger partial charge in [-0.25, -0.2) is 0 Å². The molecule has 115 heavy (non-hydrogen) atoms. The summed E-state index contributed by atoms with van der Waals surface area (Å²) < 4.78 is 0. The molecule has 0 unspecified atom stereocenters. The van der Waals surface area contributed by atoms with Crippen molar-refractivity contribution in [1.29, 1.82) is 0 Å². The van der Waals surface area contributed by atoms with Crippen molar-refractivity contribution in [2.24, 2.45) is 29.6 Å². The van der Waals surface area contributed by atoms with E-state index in [2.05, 4.69) is 298 Å². The van der Waals surface area contributed by atoms with Crippen molar-refractivity contribution in [1.82, 2.24) is 0 Å². The minimum absolute atomic E-state index is 0. The van der Waals surface area contributed by atoms with Crippen LogP contribution in [-0.2, 0) is 51.2 Å². The van der Waals surface area contributed by atoms with Gasteiger partial charge in [-0.05, 0) is 196 Å². The molecule has 0 spiro atoms. The van der Waals surface area contributed by atoms with Crippen LogP contribution in [0.2, 0.25) is 23.3 Å². The molecule has 6 saturated carbocycles. The van der Waals surface area contributed by atoms with Crippen molar-refractivity contribution >= 4 is 70.6 Å². The standard InChI is InChI=1S/4C23H31B.C10H20.C5H10.CH4.3Fe/c4*1-15-11-17(3)22(18(4)12-15)24(21-9-7-8-10-21)23-19(5)13-16(2)14-20(23)6;1-6-7(2)9(4)10(5)8(6)3;1-2-4-5-3-1;;;;/h4*11-14,21H,7-10H2,1-6H3;6-10H,1-5H3;1-5H2;1H4;;;. The minimum atomic E-state index is 0. The average Bonchev–Trinajstić information content (AvgIpc) is 1.73. The molecule has 6 fully saturated rings. The Kier molecular flexibility index (Phi) is 40.5. The predicted molar refractivity (Wildman–Crippen MR) is 510 cm³/mol. The third kappa shape index (κ3) is 25.1. The Balaban J connectivity index is 0.000000255. The second kappa shape index (κ2) is 46.0. The van der Waals surface area contributed by atoms with E-state index in [1.54, 1.807) is 43.7 Å². The van der Waals surface area contributed by atoms with E-state index in [1.165, 1.54) is 268 Å². The topological polar surface area (TPSA) is 0 Å². The van der Waals surface area contributed by atoms with Crippen LogP contribution >= 0.6 is 0 Å². The second-order valence-electron chi connectivity index (χ2n) is 38.7. The first-order valence-electron chi connectivity index (χ1n) is 45.2. The Labute approximate surface area is 742 Å². The summed E-state index contributed by atoms with van der Waals surface area (Å²) in [4.78, 5) is 0. The van der Waals surface area contributed by atoms with Gasteiger partial charge in [-0.3, -0.25) is 0 Å². The summed E-state index contributed by atoms with van der Waals surface area (Å²) in [5, 5.41) is 0. The van der Waals surface area contributed by atoms with Crippen LogP contribution < -0.4 is 43.7 Å². The number of hydrogen-bond donors (Lipinski definition) is 0.